The van der Waals surface area contributed by atoms with Gasteiger partial charge >= 0.3 is 6.09 Å². The molecule has 1 aliphatic heterocycles. The molecule has 2 rings (SSSR count). The lowest BCUT2D eigenvalue weighted by molar-refractivity contribution is 0.0139. The molecule has 1 heterocycles. The zero-order chi connectivity index (χ0) is 20.9. The van der Waals surface area contributed by atoms with Crippen molar-refractivity contribution in [3.8, 4) is 5.75 Å². The molecule has 6 heteroatoms. The molecule has 0 bridgehead atoms. The van der Waals surface area contributed by atoms with Gasteiger partial charge in [-0.1, -0.05) is 12.1 Å². The number of piperazine rings is 1. The molecule has 6 nitrogen and oxygen atoms in total. The number of rotatable bonds is 6. The molecule has 1 aliphatic rings. The third kappa shape index (κ3) is 6.99. The van der Waals surface area contributed by atoms with E-state index in [0.29, 0.717) is 19.7 Å². The Morgan fingerprint density at radius 2 is 1.64 bits per heavy atom. The zero-order valence-corrected chi connectivity index (χ0v) is 18.7. The van der Waals surface area contributed by atoms with Crippen molar-refractivity contribution in [2.45, 2.75) is 46.8 Å². The molecule has 1 aromatic rings. The number of amides is 1. The van der Waals surface area contributed by atoms with Crippen molar-refractivity contribution in [1.82, 2.24) is 14.7 Å². The number of aryl methyl sites for hydroxylation is 2. The van der Waals surface area contributed by atoms with Gasteiger partial charge in [0.15, 0.2) is 0 Å². The van der Waals surface area contributed by atoms with Crippen molar-refractivity contribution in [3.63, 3.8) is 0 Å². The smallest absolute Gasteiger partial charge is 0.410 e. The monoisotopic (exact) mass is 391 g/mol. The number of hydrogen-bond acceptors (Lipinski definition) is 5. The molecule has 1 aromatic carbocycles. The average Bonchev–Trinajstić information content (AvgIpc) is 2.56. The second-order valence-electron chi connectivity index (χ2n) is 8.95. The largest absolute Gasteiger partial charge is 0.492 e. The van der Waals surface area contributed by atoms with Crippen LogP contribution in [0.5, 0.6) is 5.75 Å². The number of hydrogen-bond donors (Lipinski definition) is 0. The van der Waals surface area contributed by atoms with Crippen LogP contribution < -0.4 is 4.74 Å². The van der Waals surface area contributed by atoms with E-state index in [-0.39, 0.29) is 6.09 Å². The van der Waals surface area contributed by atoms with Gasteiger partial charge in [0, 0.05) is 39.3 Å². The van der Waals surface area contributed by atoms with Gasteiger partial charge in [-0.2, -0.15) is 0 Å². The highest BCUT2D eigenvalue weighted by atomic mass is 16.6. The summed E-state index contributed by atoms with van der Waals surface area (Å²) in [5, 5.41) is 0. The minimum atomic E-state index is -0.445. The maximum Gasteiger partial charge on any atom is 0.410 e. The summed E-state index contributed by atoms with van der Waals surface area (Å²) >= 11 is 0. The van der Waals surface area contributed by atoms with Crippen molar-refractivity contribution < 1.29 is 14.3 Å². The predicted molar refractivity (Wildman–Crippen MR) is 113 cm³/mol. The van der Waals surface area contributed by atoms with Crippen molar-refractivity contribution in [1.29, 1.82) is 0 Å². The molecule has 1 amide bonds. The summed E-state index contributed by atoms with van der Waals surface area (Å²) in [5.41, 5.74) is 3.21. The number of likely N-dealkylation sites (N-methyl/N-ethyl adjacent to an activating group) is 1. The van der Waals surface area contributed by atoms with Gasteiger partial charge in [0.05, 0.1) is 0 Å². The summed E-state index contributed by atoms with van der Waals surface area (Å²) < 4.78 is 11.5. The first-order valence-corrected chi connectivity index (χ1v) is 10.1. The lowest BCUT2D eigenvalue weighted by atomic mass is 10.0. The molecule has 1 fully saturated rings. The Bertz CT molecular complexity index is 636. The lowest BCUT2D eigenvalue weighted by Gasteiger charge is -2.35. The van der Waals surface area contributed by atoms with Gasteiger partial charge in [0.2, 0.25) is 0 Å². The van der Waals surface area contributed by atoms with Crippen LogP contribution in [0.3, 0.4) is 0 Å². The highest BCUT2D eigenvalue weighted by molar-refractivity contribution is 5.68. The number of ether oxygens (including phenoxy) is 2. The summed E-state index contributed by atoms with van der Waals surface area (Å²) in [7, 11) is 4.10. The van der Waals surface area contributed by atoms with Crippen LogP contribution in [0.15, 0.2) is 12.1 Å². The molecule has 0 atom stereocenters. The highest BCUT2D eigenvalue weighted by Crippen LogP contribution is 2.26. The number of benzene rings is 1. The fourth-order valence-corrected chi connectivity index (χ4v) is 3.36. The van der Waals surface area contributed by atoms with Gasteiger partial charge in [-0.05, 0) is 65.4 Å². The SMILES string of the molecule is Cc1cc(CN2CCN(C(=O)OC(C)(C)C)CC2)cc(C)c1OCCN(C)C. The highest BCUT2D eigenvalue weighted by Gasteiger charge is 2.25. The number of carbonyl (C=O) groups excluding carboxylic acids is 1. The maximum atomic E-state index is 12.2. The average molecular weight is 392 g/mol. The van der Waals surface area contributed by atoms with Gasteiger partial charge < -0.3 is 19.3 Å². The lowest BCUT2D eigenvalue weighted by Crippen LogP contribution is -2.49. The summed E-state index contributed by atoms with van der Waals surface area (Å²) in [5.74, 6) is 1.00. The van der Waals surface area contributed by atoms with E-state index in [1.54, 1.807) is 4.90 Å². The van der Waals surface area contributed by atoms with E-state index in [0.717, 1.165) is 31.9 Å². The molecule has 28 heavy (non-hydrogen) atoms. The minimum Gasteiger partial charge on any atom is -0.492 e. The van der Waals surface area contributed by atoms with E-state index >= 15 is 0 Å². The summed E-state index contributed by atoms with van der Waals surface area (Å²) in [6.45, 7) is 15.6. The fourth-order valence-electron chi connectivity index (χ4n) is 3.36. The first-order chi connectivity index (χ1) is 13.0. The number of nitrogens with zero attached hydrogens (tertiary/aromatic N) is 3. The molecule has 0 unspecified atom stereocenters. The zero-order valence-electron chi connectivity index (χ0n) is 18.7. The van der Waals surface area contributed by atoms with Crippen LogP contribution in [0.4, 0.5) is 4.79 Å². The molecule has 0 N–H and O–H groups in total. The Labute approximate surface area is 170 Å². The van der Waals surface area contributed by atoms with Crippen LogP contribution >= 0.6 is 0 Å². The van der Waals surface area contributed by atoms with E-state index < -0.39 is 5.60 Å². The van der Waals surface area contributed by atoms with Gasteiger partial charge in [-0.15, -0.1) is 0 Å². The normalized spacial score (nSPS) is 15.8. The van der Waals surface area contributed by atoms with Crippen LogP contribution in [0.2, 0.25) is 0 Å². The van der Waals surface area contributed by atoms with E-state index in [1.807, 2.05) is 20.8 Å². The second-order valence-corrected chi connectivity index (χ2v) is 8.95. The van der Waals surface area contributed by atoms with Crippen LogP contribution in [0, 0.1) is 13.8 Å². The Hall–Kier alpha value is -1.79. The molecule has 1 saturated heterocycles. The Morgan fingerprint density at radius 1 is 1.07 bits per heavy atom. The summed E-state index contributed by atoms with van der Waals surface area (Å²) in [6.07, 6.45) is -0.210. The second kappa shape index (κ2) is 9.61. The van der Waals surface area contributed by atoms with Crippen molar-refractivity contribution in [2.24, 2.45) is 0 Å². The molecule has 158 valence electrons. The molecule has 0 aliphatic carbocycles. The third-order valence-corrected chi connectivity index (χ3v) is 4.74. The Balaban J connectivity index is 1.88. The summed E-state index contributed by atoms with van der Waals surface area (Å²) in [4.78, 5) is 18.5. The van der Waals surface area contributed by atoms with E-state index in [2.05, 4.69) is 49.9 Å². The first-order valence-electron chi connectivity index (χ1n) is 10.1. The van der Waals surface area contributed by atoms with Gasteiger partial charge in [0.25, 0.3) is 0 Å². The molecule has 0 spiro atoms. The first kappa shape index (κ1) is 22.5. The van der Waals surface area contributed by atoms with Crippen molar-refractivity contribution in [2.75, 3.05) is 53.4 Å². The predicted octanol–water partition coefficient (Wildman–Crippen LogP) is 3.30. The quantitative estimate of drug-likeness (QED) is 0.745. The van der Waals surface area contributed by atoms with E-state index in [4.69, 9.17) is 9.47 Å². The molecule has 0 radical (unpaired) electrons. The molecule has 0 aromatic heterocycles. The standard InChI is InChI=1S/C22H37N3O3/c1-17-14-19(15-18(2)20(17)27-13-12-23(6)7)16-24-8-10-25(11-9-24)21(26)28-22(3,4)5/h14-15H,8-13,16H2,1-7H3. The summed E-state index contributed by atoms with van der Waals surface area (Å²) in [6, 6.07) is 4.44. The Kier molecular flexibility index (Phi) is 7.72. The van der Waals surface area contributed by atoms with Gasteiger partial charge in [-0.25, -0.2) is 4.79 Å². The Morgan fingerprint density at radius 3 is 2.14 bits per heavy atom. The van der Waals surface area contributed by atoms with E-state index in [1.165, 1.54) is 16.7 Å². The minimum absolute atomic E-state index is 0.210. The van der Waals surface area contributed by atoms with Crippen molar-refractivity contribution >= 4 is 6.09 Å². The van der Waals surface area contributed by atoms with Gasteiger partial charge in [0.1, 0.15) is 18.0 Å². The van der Waals surface area contributed by atoms with Gasteiger partial charge in [-0.3, -0.25) is 4.90 Å². The fraction of sp³-hybridized carbons (Fsp3) is 0.682. The topological polar surface area (TPSA) is 45.3 Å². The maximum absolute atomic E-state index is 12.2. The molecular formula is C22H37N3O3. The van der Waals surface area contributed by atoms with E-state index in [9.17, 15) is 4.79 Å². The van der Waals surface area contributed by atoms with Crippen LogP contribution in [0.25, 0.3) is 0 Å². The third-order valence-electron chi connectivity index (χ3n) is 4.74. The van der Waals surface area contributed by atoms with Crippen LogP contribution in [-0.4, -0.2) is 79.8 Å². The number of carbonyl (C=O) groups is 1. The molecule has 0 saturated carbocycles. The van der Waals surface area contributed by atoms with Crippen LogP contribution in [-0.2, 0) is 11.3 Å². The molecular weight excluding hydrogens is 354 g/mol. The van der Waals surface area contributed by atoms with Crippen molar-refractivity contribution in [3.05, 3.63) is 28.8 Å². The van der Waals surface area contributed by atoms with Crippen LogP contribution in [0.1, 0.15) is 37.5 Å².